The third-order valence-corrected chi connectivity index (χ3v) is 3.35. The number of aryl methyl sites for hydroxylation is 1. The van der Waals surface area contributed by atoms with Crippen molar-refractivity contribution in [2.75, 3.05) is 19.0 Å². The molecule has 0 aliphatic heterocycles. The van der Waals surface area contributed by atoms with Crippen LogP contribution in [0.1, 0.15) is 42.9 Å². The van der Waals surface area contributed by atoms with Crippen molar-refractivity contribution in [1.82, 2.24) is 9.97 Å². The minimum Gasteiger partial charge on any atom is -0.465 e. The Morgan fingerprint density at radius 2 is 2.11 bits per heavy atom. The second-order valence-electron chi connectivity index (χ2n) is 4.44. The Balaban J connectivity index is 3.17. The molecule has 0 amide bonds. The summed E-state index contributed by atoms with van der Waals surface area (Å²) in [5, 5.41) is 12.7. The second-order valence-corrected chi connectivity index (χ2v) is 4.44. The van der Waals surface area contributed by atoms with E-state index in [0.717, 1.165) is 0 Å². The van der Waals surface area contributed by atoms with Crippen molar-refractivity contribution in [3.05, 3.63) is 17.6 Å². The zero-order chi connectivity index (χ0) is 14.5. The lowest BCUT2D eigenvalue weighted by Gasteiger charge is -2.31. The normalized spacial score (nSPS) is 11.2. The van der Waals surface area contributed by atoms with E-state index >= 15 is 0 Å². The van der Waals surface area contributed by atoms with E-state index in [-0.39, 0.29) is 12.2 Å². The molecule has 1 aromatic rings. The van der Waals surface area contributed by atoms with Crippen LogP contribution in [0.25, 0.3) is 0 Å². The van der Waals surface area contributed by atoms with Gasteiger partial charge in [-0.15, -0.1) is 0 Å². The smallest absolute Gasteiger partial charge is 0.343 e. The van der Waals surface area contributed by atoms with Gasteiger partial charge in [0.15, 0.2) is 0 Å². The maximum atomic E-state index is 11.7. The standard InChI is InChI=1S/C13H21N3O3/c1-5-13(6-2,8-17)16-11-10(12(18)19-4)7-14-9(3)15-11/h7,17H,5-6,8H2,1-4H3,(H,14,15,16). The van der Waals surface area contributed by atoms with Crippen molar-refractivity contribution >= 4 is 11.8 Å². The van der Waals surface area contributed by atoms with Gasteiger partial charge in [-0.05, 0) is 19.8 Å². The van der Waals surface area contributed by atoms with Crippen LogP contribution in [-0.2, 0) is 4.74 Å². The van der Waals surface area contributed by atoms with Gasteiger partial charge in [-0.3, -0.25) is 0 Å². The largest absolute Gasteiger partial charge is 0.465 e. The zero-order valence-electron chi connectivity index (χ0n) is 11.9. The van der Waals surface area contributed by atoms with Crippen molar-refractivity contribution in [2.45, 2.75) is 39.2 Å². The third-order valence-electron chi connectivity index (χ3n) is 3.35. The molecule has 19 heavy (non-hydrogen) atoms. The summed E-state index contributed by atoms with van der Waals surface area (Å²) < 4.78 is 4.71. The number of hydrogen-bond acceptors (Lipinski definition) is 6. The van der Waals surface area contributed by atoms with E-state index < -0.39 is 11.5 Å². The van der Waals surface area contributed by atoms with Gasteiger partial charge >= 0.3 is 5.97 Å². The Labute approximate surface area is 113 Å². The first-order valence-corrected chi connectivity index (χ1v) is 6.33. The van der Waals surface area contributed by atoms with Gasteiger partial charge in [0.1, 0.15) is 17.2 Å². The summed E-state index contributed by atoms with van der Waals surface area (Å²) in [5.41, 5.74) is -0.225. The summed E-state index contributed by atoms with van der Waals surface area (Å²) in [7, 11) is 1.31. The highest BCUT2D eigenvalue weighted by atomic mass is 16.5. The van der Waals surface area contributed by atoms with Gasteiger partial charge in [-0.1, -0.05) is 13.8 Å². The van der Waals surface area contributed by atoms with Crippen LogP contribution in [0.2, 0.25) is 0 Å². The van der Waals surface area contributed by atoms with E-state index in [4.69, 9.17) is 4.74 Å². The first kappa shape index (κ1) is 15.4. The van der Waals surface area contributed by atoms with Gasteiger partial charge in [-0.2, -0.15) is 0 Å². The van der Waals surface area contributed by atoms with Gasteiger partial charge in [0.05, 0.1) is 19.3 Å². The molecule has 0 aliphatic rings. The van der Waals surface area contributed by atoms with Gasteiger partial charge in [-0.25, -0.2) is 14.8 Å². The number of methoxy groups -OCH3 is 1. The maximum Gasteiger partial charge on any atom is 0.343 e. The predicted octanol–water partition coefficient (Wildman–Crippen LogP) is 1.53. The molecule has 1 aromatic heterocycles. The summed E-state index contributed by atoms with van der Waals surface area (Å²) in [4.78, 5) is 19.9. The molecule has 1 rings (SSSR count). The van der Waals surface area contributed by atoms with Crippen LogP contribution in [0.4, 0.5) is 5.82 Å². The molecule has 0 fully saturated rings. The SMILES string of the molecule is CCC(CC)(CO)Nc1nc(C)ncc1C(=O)OC. The average Bonchev–Trinajstić information content (AvgIpc) is 2.44. The fourth-order valence-corrected chi connectivity index (χ4v) is 1.77. The van der Waals surface area contributed by atoms with Crippen molar-refractivity contribution in [3.8, 4) is 0 Å². The fraction of sp³-hybridized carbons (Fsp3) is 0.615. The van der Waals surface area contributed by atoms with Crippen LogP contribution in [0.5, 0.6) is 0 Å². The number of nitrogens with one attached hydrogen (secondary N) is 1. The Bertz CT molecular complexity index is 436. The van der Waals surface area contributed by atoms with Crippen LogP contribution >= 0.6 is 0 Å². The minimum atomic E-state index is -0.499. The van der Waals surface area contributed by atoms with Crippen LogP contribution in [0.3, 0.4) is 0 Å². The number of hydrogen-bond donors (Lipinski definition) is 2. The minimum absolute atomic E-state index is 0.0380. The number of nitrogens with zero attached hydrogens (tertiary/aromatic N) is 2. The number of carbonyl (C=O) groups is 1. The number of aliphatic hydroxyl groups excluding tert-OH is 1. The maximum absolute atomic E-state index is 11.7. The highest BCUT2D eigenvalue weighted by Gasteiger charge is 2.28. The molecule has 0 radical (unpaired) electrons. The molecule has 0 saturated heterocycles. The third kappa shape index (κ3) is 3.41. The molecule has 106 valence electrons. The van der Waals surface area contributed by atoms with E-state index in [0.29, 0.717) is 24.5 Å². The number of ether oxygens (including phenoxy) is 1. The lowest BCUT2D eigenvalue weighted by molar-refractivity contribution is 0.0600. The summed E-state index contributed by atoms with van der Waals surface area (Å²) in [6, 6.07) is 0. The molecule has 0 bridgehead atoms. The van der Waals surface area contributed by atoms with Crippen LogP contribution in [-0.4, -0.2) is 40.3 Å². The van der Waals surface area contributed by atoms with Crippen LogP contribution in [0, 0.1) is 6.92 Å². The second kappa shape index (κ2) is 6.47. The predicted molar refractivity (Wildman–Crippen MR) is 72.1 cm³/mol. The van der Waals surface area contributed by atoms with Crippen molar-refractivity contribution in [1.29, 1.82) is 0 Å². The van der Waals surface area contributed by atoms with Gasteiger partial charge in [0, 0.05) is 6.20 Å². The van der Waals surface area contributed by atoms with Crippen molar-refractivity contribution < 1.29 is 14.6 Å². The Morgan fingerprint density at radius 1 is 1.47 bits per heavy atom. The first-order valence-electron chi connectivity index (χ1n) is 6.33. The van der Waals surface area contributed by atoms with Crippen LogP contribution < -0.4 is 5.32 Å². The summed E-state index contributed by atoms with van der Waals surface area (Å²) in [6.45, 7) is 5.64. The number of aromatic nitrogens is 2. The van der Waals surface area contributed by atoms with Crippen LogP contribution in [0.15, 0.2) is 6.20 Å². The molecule has 0 spiro atoms. The molecule has 0 aromatic carbocycles. The van der Waals surface area contributed by atoms with E-state index in [1.165, 1.54) is 13.3 Å². The van der Waals surface area contributed by atoms with E-state index in [9.17, 15) is 9.90 Å². The molecular formula is C13H21N3O3. The van der Waals surface area contributed by atoms with E-state index in [1.807, 2.05) is 13.8 Å². The fourth-order valence-electron chi connectivity index (χ4n) is 1.77. The Morgan fingerprint density at radius 3 is 2.58 bits per heavy atom. The van der Waals surface area contributed by atoms with E-state index in [2.05, 4.69) is 15.3 Å². The molecular weight excluding hydrogens is 246 g/mol. The molecule has 0 aliphatic carbocycles. The number of aliphatic hydroxyl groups is 1. The average molecular weight is 267 g/mol. The highest BCUT2D eigenvalue weighted by molar-refractivity contribution is 5.94. The number of rotatable bonds is 6. The molecule has 6 heteroatoms. The van der Waals surface area contributed by atoms with Gasteiger partial charge in [0.25, 0.3) is 0 Å². The Kier molecular flexibility index (Phi) is 5.23. The van der Waals surface area contributed by atoms with Gasteiger partial charge < -0.3 is 15.2 Å². The lowest BCUT2D eigenvalue weighted by Crippen LogP contribution is -2.41. The molecule has 2 N–H and O–H groups in total. The number of carbonyl (C=O) groups excluding carboxylic acids is 1. The van der Waals surface area contributed by atoms with Crippen molar-refractivity contribution in [2.24, 2.45) is 0 Å². The Hall–Kier alpha value is -1.69. The topological polar surface area (TPSA) is 84.3 Å². The summed E-state index contributed by atoms with van der Waals surface area (Å²) >= 11 is 0. The molecule has 0 atom stereocenters. The molecule has 1 heterocycles. The quantitative estimate of drug-likeness (QED) is 0.760. The molecule has 6 nitrogen and oxygen atoms in total. The monoisotopic (exact) mass is 267 g/mol. The number of anilines is 1. The van der Waals surface area contributed by atoms with E-state index in [1.54, 1.807) is 6.92 Å². The summed E-state index contributed by atoms with van der Waals surface area (Å²) in [6.07, 6.45) is 2.86. The lowest BCUT2D eigenvalue weighted by atomic mass is 9.93. The first-order chi connectivity index (χ1) is 9.01. The summed E-state index contributed by atoms with van der Waals surface area (Å²) in [5.74, 6) is 0.452. The van der Waals surface area contributed by atoms with Crippen molar-refractivity contribution in [3.63, 3.8) is 0 Å². The molecule has 0 saturated carbocycles. The van der Waals surface area contributed by atoms with Gasteiger partial charge in [0.2, 0.25) is 0 Å². The molecule has 0 unspecified atom stereocenters. The highest BCUT2D eigenvalue weighted by Crippen LogP contribution is 2.23. The number of esters is 1. The zero-order valence-corrected chi connectivity index (χ0v) is 11.9.